The topological polar surface area (TPSA) is 40.5 Å². The summed E-state index contributed by atoms with van der Waals surface area (Å²) in [5.74, 6) is 0. The second kappa shape index (κ2) is 15.8. The zero-order chi connectivity index (χ0) is 3.41. The van der Waals surface area contributed by atoms with Crippen molar-refractivity contribution in [3.8, 4) is 0 Å². The average Bonchev–Trinajstić information content (AvgIpc) is 1.37. The van der Waals surface area contributed by atoms with Crippen LogP contribution in [0.15, 0.2) is 0 Å². The molecule has 0 aliphatic heterocycles. The molecule has 0 aliphatic carbocycles. The van der Waals surface area contributed by atoms with E-state index >= 15 is 0 Å². The molecule has 2 N–H and O–H groups in total. The maximum Gasteiger partial charge on any atom is 0.0662 e. The van der Waals surface area contributed by atoms with E-state index in [1.54, 1.807) is 0 Å². The predicted molar refractivity (Wildman–Crippen MR) is 25.7 cm³/mol. The van der Waals surface area contributed by atoms with Crippen LogP contribution >= 0.6 is 0 Å². The number of aliphatic hydroxyl groups excluding tert-OH is 2. The first-order valence-corrected chi connectivity index (χ1v) is 1.13. The van der Waals surface area contributed by atoms with E-state index in [4.69, 9.17) is 10.2 Å². The van der Waals surface area contributed by atoms with E-state index in [2.05, 4.69) is 0 Å². The molecule has 0 amide bonds. The van der Waals surface area contributed by atoms with Gasteiger partial charge in [-0.1, -0.05) is 0 Å². The van der Waals surface area contributed by atoms with Gasteiger partial charge in [0.1, 0.15) is 0 Å². The first-order valence-electron chi connectivity index (χ1n) is 1.13. The molecule has 2 radical (unpaired) electrons. The second-order valence-corrected chi connectivity index (χ2v) is 0.447. The van der Waals surface area contributed by atoms with E-state index in [-0.39, 0.29) is 72.3 Å². The SMILES string of the molecule is OCCO.[Na].[Na]. The molecule has 0 unspecified atom stereocenters. The summed E-state index contributed by atoms with van der Waals surface area (Å²) in [7, 11) is 0. The summed E-state index contributed by atoms with van der Waals surface area (Å²) < 4.78 is 0. The Morgan fingerprint density at radius 1 is 0.833 bits per heavy atom. The minimum atomic E-state index is -0.125. The first-order chi connectivity index (χ1) is 1.91. The number of rotatable bonds is 1. The molecule has 6 heavy (non-hydrogen) atoms. The Morgan fingerprint density at radius 3 is 1.00 bits per heavy atom. The molecular formula is C2H6Na2O2. The summed E-state index contributed by atoms with van der Waals surface area (Å²) in [6, 6.07) is 0. The Hall–Kier alpha value is 1.92. The summed E-state index contributed by atoms with van der Waals surface area (Å²) in [4.78, 5) is 0. The Morgan fingerprint density at radius 2 is 1.00 bits per heavy atom. The molecule has 28 valence electrons. The van der Waals surface area contributed by atoms with Gasteiger partial charge in [0.2, 0.25) is 0 Å². The first kappa shape index (κ1) is 15.7. The molecule has 0 saturated heterocycles. The molecule has 4 heteroatoms. The monoisotopic (exact) mass is 108 g/mol. The third-order valence-corrected chi connectivity index (χ3v) is 0.1000. The predicted octanol–water partition coefficient (Wildman–Crippen LogP) is -1.79. The van der Waals surface area contributed by atoms with Gasteiger partial charge in [-0.05, 0) is 0 Å². The van der Waals surface area contributed by atoms with Crippen molar-refractivity contribution >= 4 is 59.1 Å². The molecule has 0 rings (SSSR count). The van der Waals surface area contributed by atoms with Gasteiger partial charge in [-0.15, -0.1) is 0 Å². The minimum Gasteiger partial charge on any atom is -0.394 e. The fourth-order valence-corrected chi connectivity index (χ4v) is 0. The Kier molecular flexibility index (Phi) is 41.2. The van der Waals surface area contributed by atoms with Crippen LogP contribution in [0, 0.1) is 0 Å². The number of hydrogen-bond donors (Lipinski definition) is 2. The van der Waals surface area contributed by atoms with Crippen molar-refractivity contribution in [3.63, 3.8) is 0 Å². The van der Waals surface area contributed by atoms with Crippen molar-refractivity contribution < 1.29 is 10.2 Å². The van der Waals surface area contributed by atoms with Crippen molar-refractivity contribution in [1.82, 2.24) is 0 Å². The van der Waals surface area contributed by atoms with Crippen LogP contribution in [-0.4, -0.2) is 82.5 Å². The average molecular weight is 108 g/mol. The van der Waals surface area contributed by atoms with Crippen LogP contribution in [0.25, 0.3) is 0 Å². The van der Waals surface area contributed by atoms with Crippen molar-refractivity contribution in [2.45, 2.75) is 0 Å². The fraction of sp³-hybridized carbons (Fsp3) is 1.00. The van der Waals surface area contributed by atoms with E-state index in [0.717, 1.165) is 0 Å². The van der Waals surface area contributed by atoms with Crippen LogP contribution in [0.2, 0.25) is 0 Å². The molecule has 0 bridgehead atoms. The zero-order valence-corrected chi connectivity index (χ0v) is 8.31. The minimum absolute atomic E-state index is 0. The summed E-state index contributed by atoms with van der Waals surface area (Å²) in [5, 5.41) is 15.2. The van der Waals surface area contributed by atoms with E-state index < -0.39 is 0 Å². The van der Waals surface area contributed by atoms with Crippen LogP contribution in [0.4, 0.5) is 0 Å². The van der Waals surface area contributed by atoms with Crippen LogP contribution in [0.3, 0.4) is 0 Å². The van der Waals surface area contributed by atoms with Gasteiger partial charge in [-0.3, -0.25) is 0 Å². The molecule has 0 fully saturated rings. The molecule has 0 spiro atoms. The molecule has 0 saturated carbocycles. The molecule has 2 nitrogen and oxygen atoms in total. The van der Waals surface area contributed by atoms with Gasteiger partial charge in [-0.25, -0.2) is 0 Å². The third kappa shape index (κ3) is 16.8. The summed E-state index contributed by atoms with van der Waals surface area (Å²) in [5.41, 5.74) is 0. The van der Waals surface area contributed by atoms with Crippen LogP contribution in [0.1, 0.15) is 0 Å². The van der Waals surface area contributed by atoms with Gasteiger partial charge in [0, 0.05) is 59.1 Å². The van der Waals surface area contributed by atoms with Crippen molar-refractivity contribution in [2.75, 3.05) is 13.2 Å². The van der Waals surface area contributed by atoms with Crippen molar-refractivity contribution in [1.29, 1.82) is 0 Å². The van der Waals surface area contributed by atoms with Crippen molar-refractivity contribution in [3.05, 3.63) is 0 Å². The molecule has 0 aromatic rings. The van der Waals surface area contributed by atoms with E-state index in [9.17, 15) is 0 Å². The van der Waals surface area contributed by atoms with Crippen LogP contribution in [-0.2, 0) is 0 Å². The van der Waals surface area contributed by atoms with Crippen LogP contribution < -0.4 is 0 Å². The number of aliphatic hydroxyl groups is 2. The molecule has 0 atom stereocenters. The van der Waals surface area contributed by atoms with Crippen LogP contribution in [0.5, 0.6) is 0 Å². The fourth-order valence-electron chi connectivity index (χ4n) is 0. The summed E-state index contributed by atoms with van der Waals surface area (Å²) >= 11 is 0. The molecular weight excluding hydrogens is 102 g/mol. The van der Waals surface area contributed by atoms with Gasteiger partial charge in [-0.2, -0.15) is 0 Å². The largest absolute Gasteiger partial charge is 0.394 e. The van der Waals surface area contributed by atoms with E-state index in [0.29, 0.717) is 0 Å². The Balaban J connectivity index is -0.0000000450. The Labute approximate surface area is 81.5 Å². The quantitative estimate of drug-likeness (QED) is 0.389. The van der Waals surface area contributed by atoms with Gasteiger partial charge < -0.3 is 10.2 Å². The summed E-state index contributed by atoms with van der Waals surface area (Å²) in [6.07, 6.45) is 0. The smallest absolute Gasteiger partial charge is 0.0662 e. The van der Waals surface area contributed by atoms with Gasteiger partial charge in [0.05, 0.1) is 13.2 Å². The standard InChI is InChI=1S/C2H6O2.2Na/c3-1-2-4;;/h3-4H,1-2H2;;. The molecule has 0 aromatic carbocycles. The van der Waals surface area contributed by atoms with Crippen molar-refractivity contribution in [2.24, 2.45) is 0 Å². The van der Waals surface area contributed by atoms with Gasteiger partial charge in [0.15, 0.2) is 0 Å². The maximum atomic E-state index is 7.62. The molecule has 0 heterocycles. The summed E-state index contributed by atoms with van der Waals surface area (Å²) in [6.45, 7) is -0.250. The Bertz CT molecular complexity index is 11.5. The zero-order valence-electron chi connectivity index (χ0n) is 4.31. The molecule has 0 aromatic heterocycles. The van der Waals surface area contributed by atoms with Gasteiger partial charge >= 0.3 is 0 Å². The normalized spacial score (nSPS) is 5.00. The maximum absolute atomic E-state index is 7.62. The van der Waals surface area contributed by atoms with Gasteiger partial charge in [0.25, 0.3) is 0 Å². The number of hydrogen-bond acceptors (Lipinski definition) is 2. The van der Waals surface area contributed by atoms with E-state index in [1.165, 1.54) is 0 Å². The third-order valence-electron chi connectivity index (χ3n) is 0.1000. The second-order valence-electron chi connectivity index (χ2n) is 0.447. The van der Waals surface area contributed by atoms with E-state index in [1.807, 2.05) is 0 Å². The molecule has 0 aliphatic rings.